The van der Waals surface area contributed by atoms with Crippen LogP contribution in [0.4, 0.5) is 0 Å². The molecule has 0 fully saturated rings. The van der Waals surface area contributed by atoms with Gasteiger partial charge in [-0.05, 0) is 0 Å². The van der Waals surface area contributed by atoms with Crippen molar-refractivity contribution in [1.82, 2.24) is 16.2 Å². The molecule has 0 radical (unpaired) electrons. The van der Waals surface area contributed by atoms with Crippen molar-refractivity contribution in [2.75, 3.05) is 13.2 Å². The molecule has 54 valence electrons. The molecule has 0 saturated carbocycles. The Balaban J connectivity index is 2.21. The Morgan fingerprint density at radius 3 is 3.40 bits per heavy atom. The second-order valence-corrected chi connectivity index (χ2v) is 2.14. The highest BCUT2D eigenvalue weighted by molar-refractivity contribution is 5.27. The van der Waals surface area contributed by atoms with Crippen LogP contribution in [0.15, 0.2) is 23.9 Å². The van der Waals surface area contributed by atoms with Crippen molar-refractivity contribution in [2.45, 2.75) is 0 Å². The molecule has 0 saturated heterocycles. The van der Waals surface area contributed by atoms with E-state index in [1.165, 1.54) is 0 Å². The molecule has 2 aliphatic heterocycles. The first-order valence-corrected chi connectivity index (χ1v) is 3.25. The van der Waals surface area contributed by atoms with Gasteiger partial charge in [-0.2, -0.15) is 0 Å². The van der Waals surface area contributed by atoms with Crippen LogP contribution in [0.25, 0.3) is 0 Å². The fourth-order valence-corrected chi connectivity index (χ4v) is 0.940. The number of ether oxygens (including phenoxy) is 1. The van der Waals surface area contributed by atoms with E-state index in [1.54, 1.807) is 6.20 Å². The van der Waals surface area contributed by atoms with Crippen LogP contribution in [0.1, 0.15) is 0 Å². The highest BCUT2D eigenvalue weighted by Gasteiger charge is 2.13. The van der Waals surface area contributed by atoms with Gasteiger partial charge >= 0.3 is 0 Å². The van der Waals surface area contributed by atoms with Crippen LogP contribution in [0, 0.1) is 0 Å². The van der Waals surface area contributed by atoms with Crippen molar-refractivity contribution < 1.29 is 4.74 Å². The maximum absolute atomic E-state index is 5.33. The van der Waals surface area contributed by atoms with Crippen molar-refractivity contribution in [3.05, 3.63) is 23.9 Å². The predicted molar refractivity (Wildman–Crippen MR) is 36.4 cm³/mol. The van der Waals surface area contributed by atoms with Crippen molar-refractivity contribution >= 4 is 0 Å². The lowest BCUT2D eigenvalue weighted by atomic mass is 10.4. The quantitative estimate of drug-likeness (QED) is 0.419. The number of rotatable bonds is 0. The van der Waals surface area contributed by atoms with Gasteiger partial charge in [-0.1, -0.05) is 0 Å². The standard InChI is InChI=1S/C6H9N3O/c1-2-10-6-4-8-9-5(6)3-7-1/h3-4,7-9H,1-2H2. The molecule has 0 atom stereocenters. The molecule has 2 heterocycles. The van der Waals surface area contributed by atoms with Gasteiger partial charge in [0, 0.05) is 12.7 Å². The van der Waals surface area contributed by atoms with Crippen molar-refractivity contribution in [3.8, 4) is 0 Å². The van der Waals surface area contributed by atoms with Crippen LogP contribution in [0.2, 0.25) is 0 Å². The number of hydrogen-bond acceptors (Lipinski definition) is 4. The molecule has 0 aromatic heterocycles. The molecule has 0 bridgehead atoms. The highest BCUT2D eigenvalue weighted by Crippen LogP contribution is 2.11. The zero-order chi connectivity index (χ0) is 6.81. The topological polar surface area (TPSA) is 45.3 Å². The molecule has 10 heavy (non-hydrogen) atoms. The van der Waals surface area contributed by atoms with E-state index in [1.807, 2.05) is 6.20 Å². The van der Waals surface area contributed by atoms with E-state index < -0.39 is 0 Å². The Kier molecular flexibility index (Phi) is 1.16. The summed E-state index contributed by atoms with van der Waals surface area (Å²) in [6.07, 6.45) is 3.71. The van der Waals surface area contributed by atoms with Gasteiger partial charge < -0.3 is 15.5 Å². The van der Waals surface area contributed by atoms with Gasteiger partial charge in [0.25, 0.3) is 0 Å². The summed E-state index contributed by atoms with van der Waals surface area (Å²) in [6.45, 7) is 1.58. The van der Waals surface area contributed by atoms with Gasteiger partial charge in [0.15, 0.2) is 5.76 Å². The van der Waals surface area contributed by atoms with Gasteiger partial charge in [0.2, 0.25) is 0 Å². The summed E-state index contributed by atoms with van der Waals surface area (Å²) in [6, 6.07) is 0. The van der Waals surface area contributed by atoms with Crippen molar-refractivity contribution in [1.29, 1.82) is 0 Å². The summed E-state index contributed by atoms with van der Waals surface area (Å²) in [5.41, 5.74) is 6.75. The first kappa shape index (κ1) is 5.46. The third-order valence-corrected chi connectivity index (χ3v) is 1.43. The van der Waals surface area contributed by atoms with E-state index >= 15 is 0 Å². The minimum Gasteiger partial charge on any atom is -0.488 e. The zero-order valence-electron chi connectivity index (χ0n) is 5.48. The normalized spacial score (nSPS) is 21.6. The molecule has 0 amide bonds. The first-order valence-electron chi connectivity index (χ1n) is 3.25. The van der Waals surface area contributed by atoms with Gasteiger partial charge in [-0.25, -0.2) is 0 Å². The second kappa shape index (κ2) is 2.13. The Hall–Kier alpha value is -1.32. The number of fused-ring (bicyclic) bond motifs is 1. The lowest BCUT2D eigenvalue weighted by molar-refractivity contribution is 0.230. The summed E-state index contributed by atoms with van der Waals surface area (Å²) < 4.78 is 5.33. The number of hydrogen-bond donors (Lipinski definition) is 3. The van der Waals surface area contributed by atoms with Gasteiger partial charge in [-0.15, -0.1) is 0 Å². The molecule has 0 aromatic rings. The van der Waals surface area contributed by atoms with Crippen LogP contribution < -0.4 is 16.2 Å². The van der Waals surface area contributed by atoms with Crippen LogP contribution in [-0.2, 0) is 4.74 Å². The number of hydrazine groups is 1. The SMILES string of the molecule is C1=C2NNC=C2OCCN1. The third-order valence-electron chi connectivity index (χ3n) is 1.43. The van der Waals surface area contributed by atoms with E-state index in [9.17, 15) is 0 Å². The van der Waals surface area contributed by atoms with Crippen LogP contribution in [0.5, 0.6) is 0 Å². The van der Waals surface area contributed by atoms with E-state index in [0.29, 0.717) is 0 Å². The molecule has 0 aromatic carbocycles. The molecule has 4 nitrogen and oxygen atoms in total. The van der Waals surface area contributed by atoms with E-state index in [0.717, 1.165) is 24.6 Å². The Morgan fingerprint density at radius 2 is 2.40 bits per heavy atom. The first-order chi connectivity index (χ1) is 4.97. The predicted octanol–water partition coefficient (Wildman–Crippen LogP) is -0.603. The van der Waals surface area contributed by atoms with Crippen molar-refractivity contribution in [3.63, 3.8) is 0 Å². The minimum atomic E-state index is 0.717. The molecule has 3 N–H and O–H groups in total. The van der Waals surface area contributed by atoms with Gasteiger partial charge in [0.1, 0.15) is 12.3 Å². The summed E-state index contributed by atoms with van der Waals surface area (Å²) in [7, 11) is 0. The molecule has 2 rings (SSSR count). The van der Waals surface area contributed by atoms with E-state index in [4.69, 9.17) is 4.74 Å². The molecule has 2 aliphatic rings. The summed E-state index contributed by atoms with van der Waals surface area (Å²) in [5, 5.41) is 3.09. The van der Waals surface area contributed by atoms with Gasteiger partial charge in [-0.3, -0.25) is 5.43 Å². The zero-order valence-corrected chi connectivity index (χ0v) is 5.48. The van der Waals surface area contributed by atoms with E-state index in [2.05, 4.69) is 16.2 Å². The number of nitrogens with one attached hydrogen (secondary N) is 3. The average molecular weight is 139 g/mol. The van der Waals surface area contributed by atoms with E-state index in [-0.39, 0.29) is 0 Å². The van der Waals surface area contributed by atoms with Gasteiger partial charge in [0.05, 0.1) is 6.20 Å². The molecular weight excluding hydrogens is 130 g/mol. The minimum absolute atomic E-state index is 0.717. The largest absolute Gasteiger partial charge is 0.488 e. The molecule has 0 spiro atoms. The molecule has 0 unspecified atom stereocenters. The second-order valence-electron chi connectivity index (χ2n) is 2.14. The highest BCUT2D eigenvalue weighted by atomic mass is 16.5. The monoisotopic (exact) mass is 139 g/mol. The lowest BCUT2D eigenvalue weighted by Gasteiger charge is -2.00. The van der Waals surface area contributed by atoms with Crippen LogP contribution in [-0.4, -0.2) is 13.2 Å². The molecule has 4 heteroatoms. The Labute approximate surface area is 58.9 Å². The lowest BCUT2D eigenvalue weighted by Crippen LogP contribution is -2.20. The van der Waals surface area contributed by atoms with Crippen LogP contribution >= 0.6 is 0 Å². The molecule has 0 aliphatic carbocycles. The third kappa shape index (κ3) is 0.775. The summed E-state index contributed by atoms with van der Waals surface area (Å²) >= 11 is 0. The molecular formula is C6H9N3O. The average Bonchev–Trinajstić information content (AvgIpc) is 2.28. The Morgan fingerprint density at radius 1 is 1.40 bits per heavy atom. The fraction of sp³-hybridized carbons (Fsp3) is 0.333. The maximum Gasteiger partial charge on any atom is 0.163 e. The fourth-order valence-electron chi connectivity index (χ4n) is 0.940. The summed E-state index contributed by atoms with van der Waals surface area (Å²) in [4.78, 5) is 0. The smallest absolute Gasteiger partial charge is 0.163 e. The van der Waals surface area contributed by atoms with Crippen LogP contribution in [0.3, 0.4) is 0 Å². The summed E-state index contributed by atoms with van der Waals surface area (Å²) in [5.74, 6) is 0.880. The Bertz CT molecular complexity index is 197. The van der Waals surface area contributed by atoms with Crippen molar-refractivity contribution in [2.24, 2.45) is 0 Å². The maximum atomic E-state index is 5.33.